The van der Waals surface area contributed by atoms with Gasteiger partial charge in [-0.2, -0.15) is 0 Å². The van der Waals surface area contributed by atoms with Crippen LogP contribution in [0.2, 0.25) is 10.0 Å². The zero-order valence-corrected chi connectivity index (χ0v) is 10.4. The van der Waals surface area contributed by atoms with Crippen molar-refractivity contribution in [2.75, 3.05) is 0 Å². The first-order chi connectivity index (χ1) is 8.59. The monoisotopic (exact) mass is 286 g/mol. The molecule has 0 spiro atoms. The Morgan fingerprint density at radius 3 is 2.22 bits per heavy atom. The summed E-state index contributed by atoms with van der Waals surface area (Å²) in [5.74, 6) is -2.18. The third kappa shape index (κ3) is 2.66. The molecule has 0 heterocycles. The maximum Gasteiger partial charge on any atom is 0.179 e. The van der Waals surface area contributed by atoms with Crippen molar-refractivity contribution in [3.8, 4) is 0 Å². The van der Waals surface area contributed by atoms with E-state index in [-0.39, 0.29) is 5.69 Å². The average molecular weight is 287 g/mol. The molecule has 92 valence electrons. The van der Waals surface area contributed by atoms with Crippen molar-refractivity contribution in [1.29, 1.82) is 0 Å². The van der Waals surface area contributed by atoms with Crippen molar-refractivity contribution >= 4 is 34.6 Å². The fourth-order valence-electron chi connectivity index (χ4n) is 1.23. The number of nitrogens with zero attached hydrogens (tertiary/aromatic N) is 2. The molecule has 0 bridgehead atoms. The molecule has 0 saturated carbocycles. The first-order valence-corrected chi connectivity index (χ1v) is 5.65. The van der Waals surface area contributed by atoms with Gasteiger partial charge in [-0.15, -0.1) is 10.2 Å². The lowest BCUT2D eigenvalue weighted by Gasteiger charge is -2.00. The topological polar surface area (TPSA) is 24.7 Å². The first kappa shape index (κ1) is 12.9. The zero-order valence-electron chi connectivity index (χ0n) is 8.87. The molecular formula is C12H6Cl2F2N2. The highest BCUT2D eigenvalue weighted by Crippen LogP contribution is 2.32. The van der Waals surface area contributed by atoms with Crippen molar-refractivity contribution in [2.45, 2.75) is 0 Å². The molecule has 0 atom stereocenters. The van der Waals surface area contributed by atoms with Crippen LogP contribution in [0.1, 0.15) is 0 Å². The fourth-order valence-corrected chi connectivity index (χ4v) is 1.60. The summed E-state index contributed by atoms with van der Waals surface area (Å²) in [6.45, 7) is 0. The lowest BCUT2D eigenvalue weighted by molar-refractivity contribution is 0.509. The van der Waals surface area contributed by atoms with E-state index in [4.69, 9.17) is 23.2 Å². The normalized spacial score (nSPS) is 11.1. The van der Waals surface area contributed by atoms with E-state index in [9.17, 15) is 8.78 Å². The molecule has 2 aromatic rings. The maximum absolute atomic E-state index is 13.2. The first-order valence-electron chi connectivity index (χ1n) is 4.89. The quantitative estimate of drug-likeness (QED) is 0.501. The second kappa shape index (κ2) is 5.42. The van der Waals surface area contributed by atoms with E-state index >= 15 is 0 Å². The number of benzene rings is 2. The molecule has 2 nitrogen and oxygen atoms in total. The molecule has 0 aliphatic heterocycles. The maximum atomic E-state index is 13.2. The van der Waals surface area contributed by atoms with Gasteiger partial charge in [0.15, 0.2) is 11.6 Å². The second-order valence-electron chi connectivity index (χ2n) is 3.35. The lowest BCUT2D eigenvalue weighted by Crippen LogP contribution is -1.84. The van der Waals surface area contributed by atoms with Crippen LogP contribution in [0.15, 0.2) is 46.6 Å². The summed E-state index contributed by atoms with van der Waals surface area (Å²) in [5.41, 5.74) is 0.454. The SMILES string of the molecule is Fc1ccc(N=Nc2ccccc2Cl)c(Cl)c1F. The largest absolute Gasteiger partial charge is 0.204 e. The number of hydrogen-bond donors (Lipinski definition) is 0. The number of azo groups is 1. The van der Waals surface area contributed by atoms with Crippen LogP contribution in [0.25, 0.3) is 0 Å². The van der Waals surface area contributed by atoms with Crippen molar-refractivity contribution in [2.24, 2.45) is 10.2 Å². The highest BCUT2D eigenvalue weighted by Gasteiger charge is 2.11. The Kier molecular flexibility index (Phi) is 3.89. The predicted octanol–water partition coefficient (Wildman–Crippen LogP) is 5.69. The molecule has 0 saturated heterocycles. The molecule has 0 aromatic heterocycles. The van der Waals surface area contributed by atoms with E-state index in [0.29, 0.717) is 10.7 Å². The minimum atomic E-state index is -1.15. The summed E-state index contributed by atoms with van der Waals surface area (Å²) in [4.78, 5) is 0. The second-order valence-corrected chi connectivity index (χ2v) is 4.13. The Labute approximate surface area is 112 Å². The Hall–Kier alpha value is -1.52. The van der Waals surface area contributed by atoms with Crippen LogP contribution in [0, 0.1) is 11.6 Å². The van der Waals surface area contributed by atoms with E-state index in [1.54, 1.807) is 24.3 Å². The molecular weight excluding hydrogens is 281 g/mol. The number of rotatable bonds is 2. The van der Waals surface area contributed by atoms with E-state index in [2.05, 4.69) is 10.2 Å². The summed E-state index contributed by atoms with van der Waals surface area (Å²) in [5, 5.41) is 7.56. The molecule has 0 unspecified atom stereocenters. The minimum absolute atomic E-state index is 0.0375. The molecule has 0 aliphatic rings. The van der Waals surface area contributed by atoms with Gasteiger partial charge in [-0.3, -0.25) is 0 Å². The Balaban J connectivity index is 2.36. The highest BCUT2D eigenvalue weighted by atomic mass is 35.5. The highest BCUT2D eigenvalue weighted by molar-refractivity contribution is 6.33. The van der Waals surface area contributed by atoms with Gasteiger partial charge in [0.05, 0.1) is 5.02 Å². The van der Waals surface area contributed by atoms with E-state index in [1.807, 2.05) is 0 Å². The van der Waals surface area contributed by atoms with Crippen LogP contribution < -0.4 is 0 Å². The van der Waals surface area contributed by atoms with Crippen LogP contribution in [-0.2, 0) is 0 Å². The molecule has 6 heteroatoms. The van der Waals surface area contributed by atoms with E-state index in [0.717, 1.165) is 6.07 Å². The summed E-state index contributed by atoms with van der Waals surface area (Å²) < 4.78 is 26.0. The van der Waals surface area contributed by atoms with E-state index in [1.165, 1.54) is 6.07 Å². The van der Waals surface area contributed by atoms with Gasteiger partial charge in [0.25, 0.3) is 0 Å². The summed E-state index contributed by atoms with van der Waals surface area (Å²) in [7, 11) is 0. The molecule has 0 N–H and O–H groups in total. The zero-order chi connectivity index (χ0) is 13.1. The number of halogens is 4. The Bertz CT molecular complexity index is 615. The van der Waals surface area contributed by atoms with Gasteiger partial charge >= 0.3 is 0 Å². The van der Waals surface area contributed by atoms with E-state index < -0.39 is 16.7 Å². The van der Waals surface area contributed by atoms with Gasteiger partial charge in [0, 0.05) is 0 Å². The van der Waals surface area contributed by atoms with Gasteiger partial charge in [-0.1, -0.05) is 35.3 Å². The molecule has 2 aromatic carbocycles. The lowest BCUT2D eigenvalue weighted by atomic mass is 10.3. The summed E-state index contributed by atoms with van der Waals surface area (Å²) in [6, 6.07) is 8.92. The molecule has 0 radical (unpaired) electrons. The molecule has 0 amide bonds. The molecule has 2 rings (SSSR count). The van der Waals surface area contributed by atoms with Crippen molar-refractivity contribution in [3.63, 3.8) is 0 Å². The predicted molar refractivity (Wildman–Crippen MR) is 67.0 cm³/mol. The third-order valence-electron chi connectivity index (χ3n) is 2.13. The van der Waals surface area contributed by atoms with Gasteiger partial charge in [-0.25, -0.2) is 8.78 Å². The standard InChI is InChI=1S/C12H6Cl2F2N2/c13-7-3-1-2-4-9(7)17-18-10-6-5-8(15)12(16)11(10)14/h1-6H. The summed E-state index contributed by atoms with van der Waals surface area (Å²) >= 11 is 11.5. The van der Waals surface area contributed by atoms with Crippen LogP contribution in [-0.4, -0.2) is 0 Å². The van der Waals surface area contributed by atoms with Crippen LogP contribution in [0.4, 0.5) is 20.2 Å². The van der Waals surface area contributed by atoms with Crippen LogP contribution in [0.3, 0.4) is 0 Å². The minimum Gasteiger partial charge on any atom is -0.204 e. The fraction of sp³-hybridized carbons (Fsp3) is 0. The Morgan fingerprint density at radius 1 is 0.833 bits per heavy atom. The van der Waals surface area contributed by atoms with Gasteiger partial charge < -0.3 is 0 Å². The molecule has 18 heavy (non-hydrogen) atoms. The van der Waals surface area contributed by atoms with Gasteiger partial charge in [0.2, 0.25) is 0 Å². The van der Waals surface area contributed by atoms with Crippen LogP contribution >= 0.6 is 23.2 Å². The van der Waals surface area contributed by atoms with Crippen molar-refractivity contribution in [1.82, 2.24) is 0 Å². The number of hydrogen-bond acceptors (Lipinski definition) is 2. The van der Waals surface area contributed by atoms with Gasteiger partial charge in [0.1, 0.15) is 16.4 Å². The Morgan fingerprint density at radius 2 is 1.50 bits per heavy atom. The molecule has 0 aliphatic carbocycles. The average Bonchev–Trinajstić information content (AvgIpc) is 2.37. The van der Waals surface area contributed by atoms with Crippen LogP contribution in [0.5, 0.6) is 0 Å². The third-order valence-corrected chi connectivity index (χ3v) is 2.81. The van der Waals surface area contributed by atoms with Crippen molar-refractivity contribution in [3.05, 3.63) is 58.1 Å². The molecule has 0 fully saturated rings. The summed E-state index contributed by atoms with van der Waals surface area (Å²) in [6.07, 6.45) is 0. The van der Waals surface area contributed by atoms with Crippen molar-refractivity contribution < 1.29 is 8.78 Å². The smallest absolute Gasteiger partial charge is 0.179 e. The van der Waals surface area contributed by atoms with Gasteiger partial charge in [-0.05, 0) is 24.3 Å².